The van der Waals surface area contributed by atoms with Gasteiger partial charge < -0.3 is 5.73 Å². The third kappa shape index (κ3) is 4.26. The zero-order valence-corrected chi connectivity index (χ0v) is 13.4. The largest absolute Gasteiger partial charge is 0.330 e. The van der Waals surface area contributed by atoms with Crippen molar-refractivity contribution in [3.8, 4) is 0 Å². The molecule has 1 unspecified atom stereocenters. The first-order valence-corrected chi connectivity index (χ1v) is 8.89. The van der Waals surface area contributed by atoms with Gasteiger partial charge in [0.15, 0.2) is 0 Å². The van der Waals surface area contributed by atoms with Crippen molar-refractivity contribution in [2.24, 2.45) is 11.7 Å². The molecule has 0 spiro atoms. The van der Waals surface area contributed by atoms with Gasteiger partial charge in [0.05, 0.1) is 0 Å². The Hall–Kier alpha value is -0.950. The maximum Gasteiger partial charge on any atom is 0.282 e. The minimum atomic E-state index is -3.39. The SMILES string of the molecule is CN(Cc1ccccc1)S(=O)(=O)N1CCCC(CCN)C1. The molecule has 1 aliphatic heterocycles. The molecule has 0 saturated carbocycles. The number of hydrogen-bond acceptors (Lipinski definition) is 3. The van der Waals surface area contributed by atoms with Gasteiger partial charge in [-0.1, -0.05) is 30.3 Å². The summed E-state index contributed by atoms with van der Waals surface area (Å²) in [5.41, 5.74) is 6.60. The molecule has 0 aliphatic carbocycles. The van der Waals surface area contributed by atoms with E-state index in [2.05, 4.69) is 0 Å². The Morgan fingerprint density at radius 2 is 2.05 bits per heavy atom. The smallest absolute Gasteiger partial charge is 0.282 e. The Balaban J connectivity index is 2.02. The van der Waals surface area contributed by atoms with Gasteiger partial charge >= 0.3 is 0 Å². The second kappa shape index (κ2) is 7.35. The van der Waals surface area contributed by atoms with Crippen LogP contribution in [0, 0.1) is 5.92 Å². The zero-order valence-electron chi connectivity index (χ0n) is 12.6. The predicted molar refractivity (Wildman–Crippen MR) is 84.8 cm³/mol. The summed E-state index contributed by atoms with van der Waals surface area (Å²) in [5, 5.41) is 0. The molecular weight excluding hydrogens is 286 g/mol. The van der Waals surface area contributed by atoms with Crippen molar-refractivity contribution >= 4 is 10.2 Å². The second-order valence-electron chi connectivity index (χ2n) is 5.69. The standard InChI is InChI=1S/C15H25N3O2S/c1-17(12-14-6-3-2-4-7-14)21(19,20)18-11-5-8-15(13-18)9-10-16/h2-4,6-7,15H,5,8-13,16H2,1H3. The Morgan fingerprint density at radius 1 is 1.33 bits per heavy atom. The molecule has 1 saturated heterocycles. The average Bonchev–Trinajstić information content (AvgIpc) is 2.49. The van der Waals surface area contributed by atoms with E-state index < -0.39 is 10.2 Å². The van der Waals surface area contributed by atoms with Crippen LogP contribution in [0.3, 0.4) is 0 Å². The summed E-state index contributed by atoms with van der Waals surface area (Å²) in [6, 6.07) is 9.67. The summed E-state index contributed by atoms with van der Waals surface area (Å²) in [6.45, 7) is 2.24. The monoisotopic (exact) mass is 311 g/mol. The lowest BCUT2D eigenvalue weighted by molar-refractivity contribution is 0.243. The van der Waals surface area contributed by atoms with E-state index in [1.54, 1.807) is 11.4 Å². The van der Waals surface area contributed by atoms with Crippen LogP contribution in [0.1, 0.15) is 24.8 Å². The van der Waals surface area contributed by atoms with Crippen molar-refractivity contribution in [3.05, 3.63) is 35.9 Å². The molecule has 1 fully saturated rings. The molecule has 1 aromatic rings. The highest BCUT2D eigenvalue weighted by Crippen LogP contribution is 2.23. The van der Waals surface area contributed by atoms with Crippen LogP contribution in [0.5, 0.6) is 0 Å². The molecule has 2 rings (SSSR count). The maximum atomic E-state index is 12.7. The summed E-state index contributed by atoms with van der Waals surface area (Å²) in [7, 11) is -1.74. The molecule has 5 nitrogen and oxygen atoms in total. The van der Waals surface area contributed by atoms with E-state index in [9.17, 15) is 8.42 Å². The van der Waals surface area contributed by atoms with Gasteiger partial charge in [0.25, 0.3) is 10.2 Å². The Bertz CT molecular complexity index is 531. The summed E-state index contributed by atoms with van der Waals surface area (Å²) >= 11 is 0. The molecule has 0 amide bonds. The van der Waals surface area contributed by atoms with Gasteiger partial charge in [0.1, 0.15) is 0 Å². The fourth-order valence-electron chi connectivity index (χ4n) is 2.83. The summed E-state index contributed by atoms with van der Waals surface area (Å²) in [6.07, 6.45) is 2.89. The lowest BCUT2D eigenvalue weighted by atomic mass is 9.96. The number of nitrogens with zero attached hydrogens (tertiary/aromatic N) is 2. The van der Waals surface area contributed by atoms with Crippen molar-refractivity contribution in [1.82, 2.24) is 8.61 Å². The lowest BCUT2D eigenvalue weighted by Crippen LogP contribution is -2.46. The predicted octanol–water partition coefficient (Wildman–Crippen LogP) is 1.42. The molecular formula is C15H25N3O2S. The van der Waals surface area contributed by atoms with Crippen LogP contribution in [-0.4, -0.2) is 43.7 Å². The van der Waals surface area contributed by atoms with Crippen molar-refractivity contribution < 1.29 is 8.42 Å². The molecule has 0 radical (unpaired) electrons. The topological polar surface area (TPSA) is 66.6 Å². The van der Waals surface area contributed by atoms with Crippen molar-refractivity contribution in [1.29, 1.82) is 0 Å². The van der Waals surface area contributed by atoms with Crippen LogP contribution in [0.2, 0.25) is 0 Å². The van der Waals surface area contributed by atoms with Crippen LogP contribution in [0.25, 0.3) is 0 Å². The molecule has 1 atom stereocenters. The van der Waals surface area contributed by atoms with Gasteiger partial charge in [-0.15, -0.1) is 0 Å². The van der Waals surface area contributed by atoms with E-state index in [-0.39, 0.29) is 0 Å². The zero-order chi connectivity index (χ0) is 15.3. The average molecular weight is 311 g/mol. The van der Waals surface area contributed by atoms with Gasteiger partial charge in [0.2, 0.25) is 0 Å². The summed E-state index contributed by atoms with van der Waals surface area (Å²) < 4.78 is 28.4. The highest BCUT2D eigenvalue weighted by atomic mass is 32.2. The number of hydrogen-bond donors (Lipinski definition) is 1. The van der Waals surface area contributed by atoms with Gasteiger partial charge in [-0.2, -0.15) is 17.0 Å². The molecule has 1 aromatic carbocycles. The van der Waals surface area contributed by atoms with Gasteiger partial charge in [0, 0.05) is 26.7 Å². The van der Waals surface area contributed by atoms with Crippen LogP contribution in [-0.2, 0) is 16.8 Å². The number of rotatable bonds is 6. The van der Waals surface area contributed by atoms with Crippen LogP contribution in [0.4, 0.5) is 0 Å². The molecule has 1 heterocycles. The van der Waals surface area contributed by atoms with Crippen LogP contribution < -0.4 is 5.73 Å². The fraction of sp³-hybridized carbons (Fsp3) is 0.600. The highest BCUT2D eigenvalue weighted by molar-refractivity contribution is 7.86. The van der Waals surface area contributed by atoms with E-state index in [4.69, 9.17) is 5.73 Å². The first-order valence-electron chi connectivity index (χ1n) is 7.49. The first kappa shape index (κ1) is 16.4. The molecule has 0 bridgehead atoms. The second-order valence-corrected chi connectivity index (χ2v) is 7.73. The van der Waals surface area contributed by atoms with E-state index in [0.29, 0.717) is 32.1 Å². The van der Waals surface area contributed by atoms with Gasteiger partial charge in [-0.05, 0) is 37.3 Å². The summed E-state index contributed by atoms with van der Waals surface area (Å²) in [4.78, 5) is 0. The molecule has 0 aromatic heterocycles. The Kier molecular flexibility index (Phi) is 5.75. The quantitative estimate of drug-likeness (QED) is 0.864. The third-order valence-electron chi connectivity index (χ3n) is 4.02. The fourth-order valence-corrected chi connectivity index (χ4v) is 4.29. The Morgan fingerprint density at radius 3 is 2.71 bits per heavy atom. The third-order valence-corrected chi connectivity index (χ3v) is 5.93. The highest BCUT2D eigenvalue weighted by Gasteiger charge is 2.31. The van der Waals surface area contributed by atoms with E-state index in [1.807, 2.05) is 30.3 Å². The van der Waals surface area contributed by atoms with Gasteiger partial charge in [-0.3, -0.25) is 0 Å². The van der Waals surface area contributed by atoms with Gasteiger partial charge in [-0.25, -0.2) is 0 Å². The van der Waals surface area contributed by atoms with Crippen molar-refractivity contribution in [2.45, 2.75) is 25.8 Å². The minimum Gasteiger partial charge on any atom is -0.330 e. The van der Waals surface area contributed by atoms with E-state index in [0.717, 1.165) is 24.8 Å². The van der Waals surface area contributed by atoms with Crippen molar-refractivity contribution in [3.63, 3.8) is 0 Å². The van der Waals surface area contributed by atoms with E-state index >= 15 is 0 Å². The first-order chi connectivity index (χ1) is 10.0. The molecule has 118 valence electrons. The van der Waals surface area contributed by atoms with E-state index in [1.165, 1.54) is 4.31 Å². The molecule has 6 heteroatoms. The molecule has 21 heavy (non-hydrogen) atoms. The van der Waals surface area contributed by atoms with Crippen LogP contribution in [0.15, 0.2) is 30.3 Å². The number of benzene rings is 1. The normalized spacial score (nSPS) is 20.8. The maximum absolute atomic E-state index is 12.7. The minimum absolute atomic E-state index is 0.392. The molecule has 1 aliphatic rings. The van der Waals surface area contributed by atoms with Crippen LogP contribution >= 0.6 is 0 Å². The Labute approximate surface area is 127 Å². The number of piperidine rings is 1. The molecule has 2 N–H and O–H groups in total. The number of nitrogens with two attached hydrogens (primary N) is 1. The lowest BCUT2D eigenvalue weighted by Gasteiger charge is -2.34. The van der Waals surface area contributed by atoms with Crippen molar-refractivity contribution in [2.75, 3.05) is 26.7 Å². The summed E-state index contributed by atoms with van der Waals surface area (Å²) in [5.74, 6) is 0.392.